The second-order valence-corrected chi connectivity index (χ2v) is 11.4. The van der Waals surface area contributed by atoms with Gasteiger partial charge in [0, 0.05) is 49.0 Å². The number of hydrogen-bond donors (Lipinski definition) is 2. The molecular formula is C31H36N4O2. The van der Waals surface area contributed by atoms with Crippen LogP contribution >= 0.6 is 0 Å². The number of fused-ring (bicyclic) bond motifs is 1. The van der Waals surface area contributed by atoms with E-state index in [4.69, 9.17) is 0 Å². The lowest BCUT2D eigenvalue weighted by molar-refractivity contribution is -0.122. The highest BCUT2D eigenvalue weighted by molar-refractivity contribution is 5.83. The van der Waals surface area contributed by atoms with Crippen LogP contribution in [0.2, 0.25) is 0 Å². The van der Waals surface area contributed by atoms with Crippen molar-refractivity contribution in [1.29, 1.82) is 0 Å². The molecule has 2 heterocycles. The normalized spacial score (nSPS) is 18.6. The van der Waals surface area contributed by atoms with Gasteiger partial charge in [-0.05, 0) is 85.9 Å². The zero-order valence-corrected chi connectivity index (χ0v) is 22.2. The molecule has 5 rings (SSSR count). The summed E-state index contributed by atoms with van der Waals surface area (Å²) < 4.78 is 0. The lowest BCUT2D eigenvalue weighted by Gasteiger charge is -2.34. The fourth-order valence-electron chi connectivity index (χ4n) is 5.32. The van der Waals surface area contributed by atoms with E-state index in [9.17, 15) is 9.59 Å². The van der Waals surface area contributed by atoms with Crippen molar-refractivity contribution in [1.82, 2.24) is 20.5 Å². The van der Waals surface area contributed by atoms with E-state index in [1.807, 2.05) is 63.2 Å². The molecule has 192 valence electrons. The van der Waals surface area contributed by atoms with E-state index in [1.165, 1.54) is 11.1 Å². The zero-order valence-electron chi connectivity index (χ0n) is 22.2. The highest BCUT2D eigenvalue weighted by atomic mass is 16.2. The van der Waals surface area contributed by atoms with E-state index in [1.54, 1.807) is 0 Å². The molecule has 1 aliphatic carbocycles. The van der Waals surface area contributed by atoms with Crippen LogP contribution in [-0.2, 0) is 24.3 Å². The van der Waals surface area contributed by atoms with Crippen molar-refractivity contribution < 1.29 is 9.59 Å². The monoisotopic (exact) mass is 496 g/mol. The van der Waals surface area contributed by atoms with E-state index in [2.05, 4.69) is 45.9 Å². The Morgan fingerprint density at radius 1 is 1.05 bits per heavy atom. The minimum Gasteiger partial charge on any atom is -0.352 e. The quantitative estimate of drug-likeness (QED) is 0.501. The number of nitrogens with one attached hydrogen (secondary N) is 2. The smallest absolute Gasteiger partial charge is 0.318 e. The number of carbonyl (C=O) groups excluding carboxylic acids is 2. The summed E-state index contributed by atoms with van der Waals surface area (Å²) >= 11 is 0. The number of pyridine rings is 1. The van der Waals surface area contributed by atoms with E-state index in [-0.39, 0.29) is 23.4 Å². The highest BCUT2D eigenvalue weighted by Gasteiger charge is 2.43. The van der Waals surface area contributed by atoms with Crippen LogP contribution in [-0.4, -0.2) is 33.9 Å². The van der Waals surface area contributed by atoms with E-state index in [0.29, 0.717) is 25.6 Å². The summed E-state index contributed by atoms with van der Waals surface area (Å²) in [5, 5.41) is 6.29. The fraction of sp³-hybridized carbons (Fsp3) is 0.387. The van der Waals surface area contributed by atoms with Crippen molar-refractivity contribution >= 4 is 11.9 Å². The van der Waals surface area contributed by atoms with Crippen LogP contribution in [0.3, 0.4) is 0 Å². The second-order valence-electron chi connectivity index (χ2n) is 11.4. The first-order chi connectivity index (χ1) is 17.7. The third-order valence-corrected chi connectivity index (χ3v) is 7.27. The first kappa shape index (κ1) is 25.0. The predicted octanol–water partition coefficient (Wildman–Crippen LogP) is 5.34. The molecule has 6 nitrogen and oxygen atoms in total. The van der Waals surface area contributed by atoms with Gasteiger partial charge in [0.25, 0.3) is 0 Å². The zero-order chi connectivity index (χ0) is 26.2. The SMILES string of the molecule is Cc1cncc(-c2ccc(CNC(=O)C3C[C@H]3c3ccccc3)c3c2CCN(C(=O)NC(C)(C)C)C3)c1. The van der Waals surface area contributed by atoms with Gasteiger partial charge in [-0.2, -0.15) is 0 Å². The predicted molar refractivity (Wildman–Crippen MR) is 146 cm³/mol. The van der Waals surface area contributed by atoms with Gasteiger partial charge >= 0.3 is 6.03 Å². The van der Waals surface area contributed by atoms with Crippen LogP contribution in [0, 0.1) is 12.8 Å². The molecule has 1 unspecified atom stereocenters. The molecule has 37 heavy (non-hydrogen) atoms. The van der Waals surface area contributed by atoms with Gasteiger partial charge in [0.2, 0.25) is 5.91 Å². The molecule has 0 spiro atoms. The van der Waals surface area contributed by atoms with E-state index in [0.717, 1.165) is 40.7 Å². The van der Waals surface area contributed by atoms with Crippen molar-refractivity contribution in [3.05, 3.63) is 88.7 Å². The summed E-state index contributed by atoms with van der Waals surface area (Å²) in [5.74, 6) is 0.445. The Kier molecular flexibility index (Phi) is 6.76. The number of hydrogen-bond acceptors (Lipinski definition) is 3. The van der Waals surface area contributed by atoms with E-state index >= 15 is 0 Å². The first-order valence-corrected chi connectivity index (χ1v) is 13.1. The number of nitrogens with zero attached hydrogens (tertiary/aromatic N) is 2. The minimum atomic E-state index is -0.303. The summed E-state index contributed by atoms with van der Waals surface area (Å²) in [7, 11) is 0. The summed E-state index contributed by atoms with van der Waals surface area (Å²) in [4.78, 5) is 32.3. The van der Waals surface area contributed by atoms with Gasteiger partial charge < -0.3 is 15.5 Å². The number of rotatable bonds is 5. The van der Waals surface area contributed by atoms with Gasteiger partial charge in [0.05, 0.1) is 0 Å². The van der Waals surface area contributed by atoms with Gasteiger partial charge in [0.1, 0.15) is 0 Å². The minimum absolute atomic E-state index is 0.0323. The first-order valence-electron chi connectivity index (χ1n) is 13.1. The maximum atomic E-state index is 13.0. The molecule has 2 aromatic carbocycles. The van der Waals surface area contributed by atoms with Crippen LogP contribution in [0.25, 0.3) is 11.1 Å². The van der Waals surface area contributed by atoms with Crippen LogP contribution in [0.1, 0.15) is 60.9 Å². The molecule has 3 amide bonds. The van der Waals surface area contributed by atoms with Gasteiger partial charge in [-0.15, -0.1) is 0 Å². The molecule has 2 aliphatic rings. The molecule has 1 fully saturated rings. The van der Waals surface area contributed by atoms with Crippen molar-refractivity contribution in [2.24, 2.45) is 5.92 Å². The standard InChI is InChI=1S/C31H36N4O2/c1-20-14-23(17-32-16-20)24-11-10-22(18-33-29(36)27-15-26(27)21-8-6-5-7-9-21)28-19-35(13-12-25(24)28)30(37)34-31(2,3)4/h5-11,14,16-17,26-27H,12-13,15,18-19H2,1-4H3,(H,33,36)(H,34,37)/t26-,27?/m0/s1. The molecule has 0 radical (unpaired) electrons. The average Bonchev–Trinajstić information content (AvgIpc) is 3.67. The molecular weight excluding hydrogens is 460 g/mol. The van der Waals surface area contributed by atoms with Gasteiger partial charge in [-0.25, -0.2) is 4.79 Å². The number of aromatic nitrogens is 1. The Bertz CT molecular complexity index is 1310. The van der Waals surface area contributed by atoms with Gasteiger partial charge in [-0.1, -0.05) is 42.5 Å². The Morgan fingerprint density at radius 3 is 2.57 bits per heavy atom. The maximum absolute atomic E-state index is 13.0. The number of benzene rings is 2. The largest absolute Gasteiger partial charge is 0.352 e. The van der Waals surface area contributed by atoms with E-state index < -0.39 is 0 Å². The second kappa shape index (κ2) is 10.0. The lowest BCUT2D eigenvalue weighted by atomic mass is 9.87. The number of carbonyl (C=O) groups is 2. The Balaban J connectivity index is 1.38. The van der Waals surface area contributed by atoms with Gasteiger partial charge in [0.15, 0.2) is 0 Å². The molecule has 1 aliphatic heterocycles. The molecule has 0 saturated heterocycles. The fourth-order valence-corrected chi connectivity index (χ4v) is 5.32. The van der Waals surface area contributed by atoms with Gasteiger partial charge in [-0.3, -0.25) is 9.78 Å². The van der Waals surface area contributed by atoms with Crippen LogP contribution in [0.5, 0.6) is 0 Å². The molecule has 1 aromatic heterocycles. The summed E-state index contributed by atoms with van der Waals surface area (Å²) in [6.07, 6.45) is 5.42. The maximum Gasteiger partial charge on any atom is 0.318 e. The van der Waals surface area contributed by atoms with Crippen LogP contribution in [0.15, 0.2) is 60.9 Å². The molecule has 2 N–H and O–H groups in total. The van der Waals surface area contributed by atoms with Crippen LogP contribution < -0.4 is 10.6 Å². The molecule has 0 bridgehead atoms. The summed E-state index contributed by atoms with van der Waals surface area (Å²) in [6, 6.07) is 16.6. The average molecular weight is 497 g/mol. The molecule has 6 heteroatoms. The number of aryl methyl sites for hydroxylation is 1. The Hall–Kier alpha value is -3.67. The number of amides is 3. The number of urea groups is 1. The van der Waals surface area contributed by atoms with Crippen molar-refractivity contribution in [2.45, 2.75) is 65.1 Å². The molecule has 2 atom stereocenters. The highest BCUT2D eigenvalue weighted by Crippen LogP contribution is 2.47. The topological polar surface area (TPSA) is 74.3 Å². The Morgan fingerprint density at radius 2 is 1.84 bits per heavy atom. The lowest BCUT2D eigenvalue weighted by Crippen LogP contribution is -2.50. The molecule has 1 saturated carbocycles. The molecule has 3 aromatic rings. The third-order valence-electron chi connectivity index (χ3n) is 7.27. The summed E-state index contributed by atoms with van der Waals surface area (Å²) in [6.45, 7) is 9.66. The third kappa shape index (κ3) is 5.68. The summed E-state index contributed by atoms with van der Waals surface area (Å²) in [5.41, 5.74) is 7.73. The van der Waals surface area contributed by atoms with Crippen molar-refractivity contribution in [3.63, 3.8) is 0 Å². The van der Waals surface area contributed by atoms with Crippen molar-refractivity contribution in [2.75, 3.05) is 6.54 Å². The van der Waals surface area contributed by atoms with Crippen molar-refractivity contribution in [3.8, 4) is 11.1 Å². The van der Waals surface area contributed by atoms with Crippen LogP contribution in [0.4, 0.5) is 4.79 Å². The Labute approximate surface area is 219 Å².